The molecule has 3 aromatic rings. The molecule has 0 amide bonds. The number of piperidine rings is 1. The first kappa shape index (κ1) is 23.2. The fourth-order valence-electron chi connectivity index (χ4n) is 4.73. The van der Waals surface area contributed by atoms with Crippen LogP contribution in [0.2, 0.25) is 0 Å². The lowest BCUT2D eigenvalue weighted by atomic mass is 9.97. The molecule has 1 aromatic carbocycles. The summed E-state index contributed by atoms with van der Waals surface area (Å²) in [5.41, 5.74) is 3.37. The zero-order chi connectivity index (χ0) is 23.2. The van der Waals surface area contributed by atoms with Gasteiger partial charge in [-0.2, -0.15) is 4.98 Å². The van der Waals surface area contributed by atoms with Gasteiger partial charge in [0.15, 0.2) is 0 Å². The quantitative estimate of drug-likeness (QED) is 0.394. The van der Waals surface area contributed by atoms with Gasteiger partial charge in [-0.1, -0.05) is 33.1 Å². The van der Waals surface area contributed by atoms with Crippen LogP contribution in [0, 0.1) is 0 Å². The highest BCUT2D eigenvalue weighted by molar-refractivity contribution is 5.79. The standard InChI is InChI=1S/C26H35N5O2/c1-3-4-5-8-18(2)24-22-14-15-23(33)28-25(22)30-26(29-24)27-19-10-12-20(13-11-19)31-16-7-6-9-21(31)17-32/h10-15,18,21,32H,3-9,16-17H2,1-2H3,(H2,27,28,29,30,33). The summed E-state index contributed by atoms with van der Waals surface area (Å²) >= 11 is 0. The zero-order valence-electron chi connectivity index (χ0n) is 19.7. The van der Waals surface area contributed by atoms with E-state index in [0.29, 0.717) is 11.6 Å². The van der Waals surface area contributed by atoms with E-state index in [0.717, 1.165) is 54.7 Å². The van der Waals surface area contributed by atoms with E-state index >= 15 is 0 Å². The molecule has 7 nitrogen and oxygen atoms in total. The largest absolute Gasteiger partial charge is 0.394 e. The van der Waals surface area contributed by atoms with E-state index in [1.807, 2.05) is 18.2 Å². The minimum absolute atomic E-state index is 0.166. The third-order valence-electron chi connectivity index (χ3n) is 6.62. The van der Waals surface area contributed by atoms with Crippen molar-refractivity contribution in [3.8, 4) is 0 Å². The van der Waals surface area contributed by atoms with Crippen LogP contribution in [0.3, 0.4) is 0 Å². The first-order chi connectivity index (χ1) is 16.1. The van der Waals surface area contributed by atoms with E-state index in [4.69, 9.17) is 4.98 Å². The normalized spacial score (nSPS) is 17.3. The lowest BCUT2D eigenvalue weighted by Crippen LogP contribution is -2.41. The fourth-order valence-corrected chi connectivity index (χ4v) is 4.73. The molecule has 33 heavy (non-hydrogen) atoms. The van der Waals surface area contributed by atoms with Gasteiger partial charge in [-0.05, 0) is 61.9 Å². The number of hydrogen-bond donors (Lipinski definition) is 3. The van der Waals surface area contributed by atoms with E-state index in [-0.39, 0.29) is 24.1 Å². The Morgan fingerprint density at radius 2 is 1.97 bits per heavy atom. The molecular formula is C26H35N5O2. The highest BCUT2D eigenvalue weighted by Crippen LogP contribution is 2.29. The lowest BCUT2D eigenvalue weighted by molar-refractivity contribution is 0.240. The Kier molecular flexibility index (Phi) is 7.60. The van der Waals surface area contributed by atoms with Crippen molar-refractivity contribution in [3.05, 3.63) is 52.4 Å². The van der Waals surface area contributed by atoms with Crippen LogP contribution in [0.1, 0.15) is 70.4 Å². The maximum Gasteiger partial charge on any atom is 0.249 e. The molecule has 0 saturated carbocycles. The molecule has 3 N–H and O–H groups in total. The van der Waals surface area contributed by atoms with Gasteiger partial charge in [-0.15, -0.1) is 0 Å². The predicted octanol–water partition coefficient (Wildman–Crippen LogP) is 5.10. The van der Waals surface area contributed by atoms with Crippen molar-refractivity contribution in [2.24, 2.45) is 0 Å². The molecular weight excluding hydrogens is 414 g/mol. The molecule has 1 aliphatic heterocycles. The molecule has 0 radical (unpaired) electrons. The van der Waals surface area contributed by atoms with Crippen molar-refractivity contribution >= 4 is 28.4 Å². The second-order valence-electron chi connectivity index (χ2n) is 9.11. The maximum absolute atomic E-state index is 11.9. The summed E-state index contributed by atoms with van der Waals surface area (Å²) in [5, 5.41) is 13.9. The van der Waals surface area contributed by atoms with Crippen LogP contribution in [0.15, 0.2) is 41.2 Å². The Labute approximate surface area is 195 Å². The molecule has 2 aromatic heterocycles. The summed E-state index contributed by atoms with van der Waals surface area (Å²) in [6, 6.07) is 11.7. The molecule has 2 atom stereocenters. The number of nitrogens with zero attached hydrogens (tertiary/aromatic N) is 3. The van der Waals surface area contributed by atoms with Crippen molar-refractivity contribution in [1.82, 2.24) is 15.0 Å². The van der Waals surface area contributed by atoms with Gasteiger partial charge in [0.2, 0.25) is 11.5 Å². The van der Waals surface area contributed by atoms with Crippen molar-refractivity contribution in [3.63, 3.8) is 0 Å². The number of aliphatic hydroxyl groups excluding tert-OH is 1. The number of unbranched alkanes of at least 4 members (excludes halogenated alkanes) is 2. The number of H-pyrrole nitrogens is 1. The average molecular weight is 450 g/mol. The Morgan fingerprint density at radius 1 is 1.15 bits per heavy atom. The highest BCUT2D eigenvalue weighted by atomic mass is 16.3. The number of rotatable bonds is 9. The number of fused-ring (bicyclic) bond motifs is 1. The topological polar surface area (TPSA) is 94.1 Å². The van der Waals surface area contributed by atoms with Gasteiger partial charge in [-0.3, -0.25) is 4.79 Å². The average Bonchev–Trinajstić information content (AvgIpc) is 2.84. The monoisotopic (exact) mass is 449 g/mol. The zero-order valence-corrected chi connectivity index (χ0v) is 19.7. The Bertz CT molecular complexity index is 1110. The molecule has 1 fully saturated rings. The van der Waals surface area contributed by atoms with E-state index in [1.54, 1.807) is 6.07 Å². The van der Waals surface area contributed by atoms with Gasteiger partial charge in [0.25, 0.3) is 0 Å². The molecule has 0 aliphatic carbocycles. The number of aromatic amines is 1. The van der Waals surface area contributed by atoms with E-state index in [1.165, 1.54) is 19.3 Å². The second kappa shape index (κ2) is 10.8. The molecule has 176 valence electrons. The smallest absolute Gasteiger partial charge is 0.249 e. The summed E-state index contributed by atoms with van der Waals surface area (Å²) in [6.07, 6.45) is 7.94. The van der Waals surface area contributed by atoms with E-state index in [2.05, 4.69) is 46.2 Å². The Balaban J connectivity index is 1.58. The van der Waals surface area contributed by atoms with E-state index in [9.17, 15) is 9.90 Å². The lowest BCUT2D eigenvalue weighted by Gasteiger charge is -2.36. The number of pyridine rings is 1. The summed E-state index contributed by atoms with van der Waals surface area (Å²) in [7, 11) is 0. The molecule has 2 unspecified atom stereocenters. The molecule has 1 saturated heterocycles. The number of nitrogens with one attached hydrogen (secondary N) is 2. The first-order valence-electron chi connectivity index (χ1n) is 12.2. The number of aromatic nitrogens is 3. The van der Waals surface area contributed by atoms with Gasteiger partial charge in [0.05, 0.1) is 18.3 Å². The Hall–Kier alpha value is -2.93. The van der Waals surface area contributed by atoms with Crippen molar-refractivity contribution in [2.75, 3.05) is 23.4 Å². The number of benzene rings is 1. The third kappa shape index (κ3) is 5.53. The van der Waals surface area contributed by atoms with Crippen LogP contribution in [0.5, 0.6) is 0 Å². The number of aliphatic hydroxyl groups is 1. The SMILES string of the molecule is CCCCCC(C)c1nc(Nc2ccc(N3CCCCC3CO)cc2)nc2[nH]c(=O)ccc12. The minimum Gasteiger partial charge on any atom is -0.394 e. The van der Waals surface area contributed by atoms with Gasteiger partial charge in [0.1, 0.15) is 5.65 Å². The third-order valence-corrected chi connectivity index (χ3v) is 6.62. The maximum atomic E-state index is 11.9. The van der Waals surface area contributed by atoms with Gasteiger partial charge >= 0.3 is 0 Å². The summed E-state index contributed by atoms with van der Waals surface area (Å²) in [5.74, 6) is 0.756. The van der Waals surface area contributed by atoms with Crippen molar-refractivity contribution < 1.29 is 5.11 Å². The molecule has 0 bridgehead atoms. The van der Waals surface area contributed by atoms with Crippen LogP contribution in [0.25, 0.3) is 11.0 Å². The summed E-state index contributed by atoms with van der Waals surface area (Å²) in [4.78, 5) is 26.5. The predicted molar refractivity (Wildman–Crippen MR) is 135 cm³/mol. The van der Waals surface area contributed by atoms with Crippen LogP contribution >= 0.6 is 0 Å². The second-order valence-corrected chi connectivity index (χ2v) is 9.11. The number of hydrogen-bond acceptors (Lipinski definition) is 6. The van der Waals surface area contributed by atoms with Crippen molar-refractivity contribution in [1.29, 1.82) is 0 Å². The minimum atomic E-state index is -0.166. The first-order valence-corrected chi connectivity index (χ1v) is 12.2. The molecule has 1 aliphatic rings. The highest BCUT2D eigenvalue weighted by Gasteiger charge is 2.22. The fraction of sp³-hybridized carbons (Fsp3) is 0.500. The molecule has 0 spiro atoms. The van der Waals surface area contributed by atoms with E-state index < -0.39 is 0 Å². The van der Waals surface area contributed by atoms with Gasteiger partial charge < -0.3 is 20.3 Å². The van der Waals surface area contributed by atoms with Crippen LogP contribution < -0.4 is 15.8 Å². The Morgan fingerprint density at radius 3 is 2.73 bits per heavy atom. The molecule has 3 heterocycles. The van der Waals surface area contributed by atoms with Crippen molar-refractivity contribution in [2.45, 2.75) is 70.8 Å². The number of anilines is 3. The van der Waals surface area contributed by atoms with Crippen LogP contribution in [0.4, 0.5) is 17.3 Å². The van der Waals surface area contributed by atoms with Gasteiger partial charge in [-0.25, -0.2) is 4.98 Å². The summed E-state index contributed by atoms with van der Waals surface area (Å²) in [6.45, 7) is 5.55. The van der Waals surface area contributed by atoms with Gasteiger partial charge in [0, 0.05) is 29.4 Å². The molecule has 7 heteroatoms. The van der Waals surface area contributed by atoms with Crippen LogP contribution in [-0.4, -0.2) is 39.3 Å². The molecule has 4 rings (SSSR count). The summed E-state index contributed by atoms with van der Waals surface area (Å²) < 4.78 is 0. The van der Waals surface area contributed by atoms with Crippen LogP contribution in [-0.2, 0) is 0 Å².